The van der Waals surface area contributed by atoms with Crippen LogP contribution in [-0.2, 0) is 52.2 Å². The zero-order valence-corrected chi connectivity index (χ0v) is 38.9. The maximum Gasteiger partial charge on any atom is 0.322 e. The van der Waals surface area contributed by atoms with Gasteiger partial charge in [-0.25, -0.2) is 0 Å². The minimum absolute atomic E-state index is 0.0218. The number of hydrogen-bond acceptors (Lipinski definition) is 13. The second-order valence-electron chi connectivity index (χ2n) is 14.8. The van der Waals surface area contributed by atoms with Crippen LogP contribution in [0.15, 0.2) is 47.8 Å². The van der Waals surface area contributed by atoms with E-state index in [9.17, 15) is 43.2 Å². The first-order valence-electron chi connectivity index (χ1n) is 19.9. The van der Waals surface area contributed by atoms with Crippen molar-refractivity contribution in [3.63, 3.8) is 0 Å². The normalized spacial score (nSPS) is 12.2. The number of anilines is 4. The molecule has 3 unspecified atom stereocenters. The molecule has 0 radical (unpaired) electrons. The van der Waals surface area contributed by atoms with Crippen molar-refractivity contribution in [3.8, 4) is 0 Å². The van der Waals surface area contributed by atoms with Gasteiger partial charge in [-0.05, 0) is 24.6 Å². The number of aryl methyl sites for hydroxylation is 4. The Morgan fingerprint density at radius 2 is 1.25 bits per heavy atom. The highest BCUT2D eigenvalue weighted by Crippen LogP contribution is 2.22. The molecule has 26 nitrogen and oxygen atoms in total. The Labute approximate surface area is 393 Å². The predicted molar refractivity (Wildman–Crippen MR) is 249 cm³/mol. The van der Waals surface area contributed by atoms with Gasteiger partial charge in [-0.15, -0.1) is 0 Å². The number of aromatic nitrogens is 5. The number of carbonyl (C=O) groups excluding carboxylic acids is 7. The van der Waals surface area contributed by atoms with Gasteiger partial charge >= 0.3 is 11.9 Å². The summed E-state index contributed by atoms with van der Waals surface area (Å²) in [4.78, 5) is 115. The predicted octanol–water partition coefficient (Wildman–Crippen LogP) is -0.648. The molecule has 6 amide bonds. The van der Waals surface area contributed by atoms with Crippen molar-refractivity contribution in [3.05, 3.63) is 65.6 Å². The van der Waals surface area contributed by atoms with Crippen molar-refractivity contribution in [2.45, 2.75) is 36.2 Å². The van der Waals surface area contributed by atoms with E-state index in [0.29, 0.717) is 17.1 Å². The number of thioether (sulfide) groups is 1. The zero-order valence-electron chi connectivity index (χ0n) is 36.5. The lowest BCUT2D eigenvalue weighted by Gasteiger charge is -2.19. The molecule has 0 aliphatic carbocycles. The summed E-state index contributed by atoms with van der Waals surface area (Å²) in [6.45, 7) is -0.599. The number of ketones is 1. The standard InChI is InChI=1S/C39H50BrN15O11S/c1-52-14-19(9-25(52)29(56)7-8-44-39(42)43)46-35(62)26-10-20(15-53(26)2)47-36(63)27-11-21(16-54(27)3)48-37(64)28-12-30(51-55(28)4)50-33(60)22(40)17-67-18-24(34(61)45-13-32(58)59)49-31(57)6-5-23(41)38(65)66/h9-12,14-16,22-24H,5-8,13,17-18,41H2,1-4H3,(H,45,61)(H,46,62)(H,47,63)(H,48,64)(H,49,57)(H,58,59)(H,65,66)(H4,42,43,44)(H,50,51,60). The molecule has 4 rings (SSSR count). The average Bonchev–Trinajstić information content (AvgIpc) is 4.02. The van der Waals surface area contributed by atoms with Gasteiger partial charge in [0.15, 0.2) is 17.6 Å². The van der Waals surface area contributed by atoms with E-state index in [2.05, 4.69) is 57.9 Å². The summed E-state index contributed by atoms with van der Waals surface area (Å²) in [5, 5.41) is 37.4. The largest absolute Gasteiger partial charge is 0.480 e. The van der Waals surface area contributed by atoms with Crippen LogP contribution in [0.25, 0.3) is 0 Å². The van der Waals surface area contributed by atoms with Crippen LogP contribution >= 0.6 is 27.7 Å². The van der Waals surface area contributed by atoms with Gasteiger partial charge in [-0.3, -0.25) is 52.8 Å². The lowest BCUT2D eigenvalue weighted by molar-refractivity contribution is -0.139. The van der Waals surface area contributed by atoms with Crippen molar-refractivity contribution >= 4 is 110 Å². The third-order valence-electron chi connectivity index (χ3n) is 9.43. The van der Waals surface area contributed by atoms with Crippen molar-refractivity contribution in [1.82, 2.24) is 34.1 Å². The molecule has 4 aromatic rings. The summed E-state index contributed by atoms with van der Waals surface area (Å²) in [6.07, 6.45) is 4.17. The van der Waals surface area contributed by atoms with E-state index in [-0.39, 0.29) is 77.6 Å². The van der Waals surface area contributed by atoms with Gasteiger partial charge in [0.05, 0.1) is 29.3 Å². The van der Waals surface area contributed by atoms with Gasteiger partial charge in [-0.1, -0.05) is 15.9 Å². The van der Waals surface area contributed by atoms with Crippen LogP contribution in [0.1, 0.15) is 61.2 Å². The third kappa shape index (κ3) is 15.3. The molecule has 360 valence electrons. The third-order valence-corrected chi connectivity index (χ3v) is 11.7. The van der Waals surface area contributed by atoms with E-state index in [1.807, 2.05) is 0 Å². The number of nitrogens with one attached hydrogen (secondary N) is 6. The number of carbonyl (C=O) groups is 9. The molecular formula is C39H50BrN15O11S. The van der Waals surface area contributed by atoms with Crippen LogP contribution in [0.4, 0.5) is 22.9 Å². The van der Waals surface area contributed by atoms with E-state index >= 15 is 0 Å². The summed E-state index contributed by atoms with van der Waals surface area (Å²) in [6, 6.07) is 3.23. The summed E-state index contributed by atoms with van der Waals surface area (Å²) < 4.78 is 5.78. The molecule has 4 heterocycles. The van der Waals surface area contributed by atoms with Crippen LogP contribution in [-0.4, -0.2) is 134 Å². The van der Waals surface area contributed by atoms with Gasteiger partial charge in [0.2, 0.25) is 17.7 Å². The summed E-state index contributed by atoms with van der Waals surface area (Å²) in [5.74, 6) is -6.74. The number of Topliss-reactive ketones (excluding diaryl/α,β-unsaturated/α-hetero) is 1. The minimum atomic E-state index is -1.32. The number of nitrogens with two attached hydrogens (primary N) is 3. The minimum Gasteiger partial charge on any atom is -0.480 e. The van der Waals surface area contributed by atoms with Crippen molar-refractivity contribution in [1.29, 1.82) is 0 Å². The zero-order chi connectivity index (χ0) is 49.7. The quantitative estimate of drug-likeness (QED) is 0.0180. The number of guanidine groups is 1. The Morgan fingerprint density at radius 1 is 0.731 bits per heavy atom. The smallest absolute Gasteiger partial charge is 0.322 e. The number of carboxylic acid groups (broad SMARTS) is 2. The highest BCUT2D eigenvalue weighted by molar-refractivity contribution is 9.10. The molecule has 14 N–H and O–H groups in total. The maximum absolute atomic E-state index is 13.4. The molecule has 0 spiro atoms. The SMILES string of the molecule is Cn1cc(NC(=O)c2cc(NC(=O)c3cc(NC(=O)c4cc(NC(=O)C(Br)CSCC(NC(=O)CCC(N)C(=O)O)C(=O)NCC(=O)O)nn4C)cn3C)cn2C)cc1C(=O)CCN=C(N)N. The Hall–Kier alpha value is -7.46. The first-order chi connectivity index (χ1) is 31.5. The van der Waals surface area contributed by atoms with Gasteiger partial charge < -0.3 is 73.0 Å². The second-order valence-corrected chi connectivity index (χ2v) is 16.9. The molecule has 0 aromatic carbocycles. The molecule has 4 aromatic heterocycles. The highest BCUT2D eigenvalue weighted by atomic mass is 79.9. The first-order valence-corrected chi connectivity index (χ1v) is 22.0. The fourth-order valence-corrected chi connectivity index (χ4v) is 7.72. The van der Waals surface area contributed by atoms with Crippen LogP contribution < -0.4 is 49.1 Å². The lowest BCUT2D eigenvalue weighted by Crippen LogP contribution is -2.49. The molecule has 0 saturated heterocycles. The number of halogens is 1. The van der Waals surface area contributed by atoms with Gasteiger partial charge in [0, 0.05) is 77.2 Å². The Bertz CT molecular complexity index is 2580. The van der Waals surface area contributed by atoms with Gasteiger partial charge in [-0.2, -0.15) is 16.9 Å². The molecule has 28 heteroatoms. The monoisotopic (exact) mass is 1020 g/mol. The fourth-order valence-electron chi connectivity index (χ4n) is 6.08. The molecule has 0 fully saturated rings. The van der Waals surface area contributed by atoms with E-state index in [1.165, 1.54) is 57.5 Å². The molecule has 3 atom stereocenters. The van der Waals surface area contributed by atoms with Crippen LogP contribution in [0.3, 0.4) is 0 Å². The number of aliphatic carboxylic acids is 2. The number of rotatable bonds is 24. The van der Waals surface area contributed by atoms with E-state index in [1.54, 1.807) is 31.9 Å². The van der Waals surface area contributed by atoms with Crippen LogP contribution in [0.5, 0.6) is 0 Å². The molecule has 0 aliphatic rings. The number of alkyl halides is 1. The summed E-state index contributed by atoms with van der Waals surface area (Å²) >= 11 is 4.33. The van der Waals surface area contributed by atoms with E-state index in [4.69, 9.17) is 27.4 Å². The summed E-state index contributed by atoms with van der Waals surface area (Å²) in [7, 11) is 6.34. The molecular weight excluding hydrogens is 966 g/mol. The average molecular weight is 1020 g/mol. The van der Waals surface area contributed by atoms with Crippen LogP contribution in [0.2, 0.25) is 0 Å². The second kappa shape index (κ2) is 23.6. The van der Waals surface area contributed by atoms with Crippen molar-refractivity contribution < 1.29 is 53.4 Å². The van der Waals surface area contributed by atoms with Gasteiger partial charge in [0.25, 0.3) is 17.7 Å². The van der Waals surface area contributed by atoms with Crippen molar-refractivity contribution in [2.75, 3.05) is 45.9 Å². The van der Waals surface area contributed by atoms with E-state index < -0.39 is 70.8 Å². The van der Waals surface area contributed by atoms with Gasteiger partial charge in [0.1, 0.15) is 40.5 Å². The molecule has 0 aliphatic heterocycles. The van der Waals surface area contributed by atoms with Crippen LogP contribution in [0, 0.1) is 0 Å². The van der Waals surface area contributed by atoms with Crippen molar-refractivity contribution in [2.24, 2.45) is 50.4 Å². The topological polar surface area (TPSA) is 389 Å². The Morgan fingerprint density at radius 3 is 1.78 bits per heavy atom. The highest BCUT2D eigenvalue weighted by Gasteiger charge is 2.26. The Kier molecular flexibility index (Phi) is 18.4. The lowest BCUT2D eigenvalue weighted by atomic mass is 10.1. The number of aliphatic imine (C=N–C) groups is 1. The number of nitrogens with zero attached hydrogens (tertiary/aromatic N) is 6. The van der Waals surface area contributed by atoms with E-state index in [0.717, 1.165) is 11.8 Å². The Balaban J connectivity index is 1.30. The summed E-state index contributed by atoms with van der Waals surface area (Å²) in [5.41, 5.74) is 17.7. The maximum atomic E-state index is 13.4. The number of carboxylic acids is 2. The molecule has 67 heavy (non-hydrogen) atoms. The first kappa shape index (κ1) is 52.2. The number of amides is 6. The number of hydrogen-bond donors (Lipinski definition) is 11. The fraction of sp³-hybridized carbons (Fsp3) is 0.359. The molecule has 0 saturated carbocycles. The molecule has 0 bridgehead atoms.